The zero-order valence-corrected chi connectivity index (χ0v) is 25.0. The third kappa shape index (κ3) is 29.6. The number of rotatable bonds is 14. The van der Waals surface area contributed by atoms with Crippen LogP contribution in [0.25, 0.3) is 0 Å². The number of hydrogen-bond donors (Lipinski definition) is 4. The molecule has 0 fully saturated rings. The van der Waals surface area contributed by atoms with Gasteiger partial charge in [-0.3, -0.25) is 0 Å². The van der Waals surface area contributed by atoms with Crippen LogP contribution >= 0.6 is 0 Å². The molecule has 0 aromatic carbocycles. The summed E-state index contributed by atoms with van der Waals surface area (Å²) in [5.74, 6) is 3.86. The van der Waals surface area contributed by atoms with E-state index < -0.39 is 20.5 Å². The zero-order valence-electron chi connectivity index (χ0n) is 22.5. The summed E-state index contributed by atoms with van der Waals surface area (Å²) in [5, 5.41) is 13.1. The van der Waals surface area contributed by atoms with E-state index in [9.17, 15) is 0 Å². The summed E-state index contributed by atoms with van der Waals surface area (Å²) >= 11 is 0. The fourth-order valence-corrected chi connectivity index (χ4v) is 2.85. The molecule has 19 heteroatoms. The van der Waals surface area contributed by atoms with Gasteiger partial charge in [-0.2, -0.15) is 0 Å². The molecule has 0 bridgehead atoms. The average Bonchev–Trinajstić information content (AvgIpc) is 3.71. The van der Waals surface area contributed by atoms with E-state index in [4.69, 9.17) is 54.9 Å². The minimum atomic E-state index is -4.94. The molecular formula is C24H32Cl2CuN4O12. The predicted octanol–water partition coefficient (Wildman–Crippen LogP) is -6.01. The van der Waals surface area contributed by atoms with Gasteiger partial charge in [-0.15, -0.1) is 20.5 Å². The maximum absolute atomic E-state index is 8.49. The van der Waals surface area contributed by atoms with E-state index in [1.54, 1.807) is 25.1 Å². The molecule has 0 saturated carbocycles. The Balaban J connectivity index is 0.000000617. The van der Waals surface area contributed by atoms with Gasteiger partial charge in [0.05, 0.1) is 51.2 Å². The van der Waals surface area contributed by atoms with E-state index in [-0.39, 0.29) is 17.1 Å². The van der Waals surface area contributed by atoms with Crippen LogP contribution < -0.4 is 58.5 Å². The Kier molecular flexibility index (Phi) is 22.8. The van der Waals surface area contributed by atoms with Crippen molar-refractivity contribution in [2.24, 2.45) is 0 Å². The van der Waals surface area contributed by atoms with Crippen LogP contribution in [0.2, 0.25) is 0 Å². The van der Waals surface area contributed by atoms with Crippen LogP contribution in [0.4, 0.5) is 0 Å². The molecule has 0 spiro atoms. The number of furan rings is 4. The first kappa shape index (κ1) is 40.7. The monoisotopic (exact) mass is 701 g/mol. The van der Waals surface area contributed by atoms with Gasteiger partial charge in [-0.05, 0) is 48.5 Å². The maximum atomic E-state index is 8.49. The van der Waals surface area contributed by atoms with Crippen molar-refractivity contribution in [2.45, 2.75) is 26.2 Å². The van der Waals surface area contributed by atoms with Gasteiger partial charge in [0.15, 0.2) is 0 Å². The molecule has 4 aromatic rings. The molecular weight excluding hydrogens is 671 g/mol. The molecule has 245 valence electrons. The second-order valence-electron chi connectivity index (χ2n) is 7.78. The van der Waals surface area contributed by atoms with Gasteiger partial charge in [-0.25, -0.2) is 37.3 Å². The molecule has 4 rings (SSSR count). The molecule has 0 aliphatic rings. The van der Waals surface area contributed by atoms with Gasteiger partial charge in [0.1, 0.15) is 23.0 Å². The van der Waals surface area contributed by atoms with Gasteiger partial charge in [-0.1, -0.05) is 0 Å². The molecule has 0 amide bonds. The van der Waals surface area contributed by atoms with Crippen molar-refractivity contribution in [1.29, 1.82) is 0 Å². The summed E-state index contributed by atoms with van der Waals surface area (Å²) in [6.45, 7) is 6.71. The van der Waals surface area contributed by atoms with E-state index in [0.717, 1.165) is 75.4 Å². The quantitative estimate of drug-likeness (QED) is 0.0702. The molecule has 0 atom stereocenters. The number of nitrogens with one attached hydrogen (secondary N) is 4. The van der Waals surface area contributed by atoms with Crippen molar-refractivity contribution in [3.63, 3.8) is 0 Å². The molecule has 16 nitrogen and oxygen atoms in total. The first-order valence-electron chi connectivity index (χ1n) is 12.1. The largest absolute Gasteiger partial charge is 2.00 e. The van der Waals surface area contributed by atoms with Crippen molar-refractivity contribution in [3.05, 3.63) is 96.6 Å². The maximum Gasteiger partial charge on any atom is 2.00 e. The molecule has 43 heavy (non-hydrogen) atoms. The topological polar surface area (TPSA) is 285 Å². The number of halogens is 2. The molecule has 4 N–H and O–H groups in total. The molecule has 0 aliphatic heterocycles. The van der Waals surface area contributed by atoms with Crippen molar-refractivity contribution in [1.82, 2.24) is 21.3 Å². The molecule has 4 aromatic heterocycles. The van der Waals surface area contributed by atoms with Crippen LogP contribution in [-0.2, 0) is 43.2 Å². The SMILES string of the molecule is [Cu+2].[O-][Cl+3]([O-])([O-])[O-].[O-][Cl+3]([O-])([O-])[O-].c1coc(CNCCNCc2ccco2)c1.c1coc(CNCCNCc2ccco2)c1. The second kappa shape index (κ2) is 24.1. The first-order valence-corrected chi connectivity index (χ1v) is 14.5. The van der Waals surface area contributed by atoms with Crippen molar-refractivity contribution >= 4 is 0 Å². The van der Waals surface area contributed by atoms with E-state index in [2.05, 4.69) is 21.3 Å². The van der Waals surface area contributed by atoms with Crippen LogP contribution in [-0.4, -0.2) is 26.2 Å². The second-order valence-corrected chi connectivity index (χ2v) is 9.29. The fraction of sp³-hybridized carbons (Fsp3) is 0.333. The molecule has 1 radical (unpaired) electrons. The normalized spacial score (nSPS) is 10.8. The molecule has 0 unspecified atom stereocenters. The Hall–Kier alpha value is -2.26. The van der Waals surface area contributed by atoms with Crippen LogP contribution in [0.5, 0.6) is 0 Å². The van der Waals surface area contributed by atoms with Crippen molar-refractivity contribution in [3.8, 4) is 0 Å². The summed E-state index contributed by atoms with van der Waals surface area (Å²) in [7, 11) is -9.89. The summed E-state index contributed by atoms with van der Waals surface area (Å²) in [4.78, 5) is 0. The smallest absolute Gasteiger partial charge is 0.468 e. The fourth-order valence-electron chi connectivity index (χ4n) is 2.85. The Labute approximate surface area is 262 Å². The minimum absolute atomic E-state index is 0. The van der Waals surface area contributed by atoms with Crippen LogP contribution in [0.1, 0.15) is 23.0 Å². The number of hydrogen-bond acceptors (Lipinski definition) is 16. The Morgan fingerprint density at radius 3 is 0.744 bits per heavy atom. The zero-order chi connectivity index (χ0) is 31.1. The Morgan fingerprint density at radius 1 is 0.419 bits per heavy atom. The minimum Gasteiger partial charge on any atom is -0.468 e. The van der Waals surface area contributed by atoms with Crippen LogP contribution in [0.15, 0.2) is 91.3 Å². The third-order valence-corrected chi connectivity index (χ3v) is 4.47. The summed E-state index contributed by atoms with van der Waals surface area (Å²) in [5.41, 5.74) is 0. The summed E-state index contributed by atoms with van der Waals surface area (Å²) in [6.07, 6.45) is 6.75. The predicted molar refractivity (Wildman–Crippen MR) is 122 cm³/mol. The van der Waals surface area contributed by atoms with Gasteiger partial charge < -0.3 is 38.9 Å². The van der Waals surface area contributed by atoms with Crippen molar-refractivity contribution in [2.75, 3.05) is 26.2 Å². The van der Waals surface area contributed by atoms with E-state index in [1.165, 1.54) is 0 Å². The average molecular weight is 703 g/mol. The summed E-state index contributed by atoms with van der Waals surface area (Å²) in [6, 6.07) is 15.4. The van der Waals surface area contributed by atoms with E-state index in [1.807, 2.05) is 48.5 Å². The Bertz CT molecular complexity index is 916. The van der Waals surface area contributed by atoms with Crippen LogP contribution in [0.3, 0.4) is 0 Å². The van der Waals surface area contributed by atoms with Crippen LogP contribution in [0, 0.1) is 20.5 Å². The van der Waals surface area contributed by atoms with Gasteiger partial charge in [0, 0.05) is 26.2 Å². The Morgan fingerprint density at radius 2 is 0.605 bits per heavy atom. The molecule has 4 heterocycles. The molecule has 0 saturated heterocycles. The third-order valence-electron chi connectivity index (χ3n) is 4.47. The first-order chi connectivity index (χ1) is 19.9. The summed E-state index contributed by atoms with van der Waals surface area (Å²) < 4.78 is 88.7. The van der Waals surface area contributed by atoms with Crippen molar-refractivity contribution < 1.29 is 92.5 Å². The standard InChI is InChI=1S/2C12H16N2O2.2ClHO4.Cu/c2*1-3-11(15-7-1)9-13-5-6-14-10-12-4-2-8-16-12;2*2-1(3,4)5;/h2*1-4,7-8,13-14H,5-6,9-10H2;2*(H,2,3,4,5);/q;;;;+2/p-2. The molecule has 0 aliphatic carbocycles. The van der Waals surface area contributed by atoms with Gasteiger partial charge in [0.2, 0.25) is 0 Å². The van der Waals surface area contributed by atoms with E-state index >= 15 is 0 Å². The van der Waals surface area contributed by atoms with Gasteiger partial charge >= 0.3 is 17.1 Å². The van der Waals surface area contributed by atoms with Gasteiger partial charge in [0.25, 0.3) is 0 Å². The van der Waals surface area contributed by atoms with E-state index in [0.29, 0.717) is 0 Å².